The molecule has 0 aromatic heterocycles. The third-order valence-corrected chi connectivity index (χ3v) is 4.80. The monoisotopic (exact) mass is 301 g/mol. The molecule has 0 spiro atoms. The Bertz CT molecular complexity index is 417. The van der Waals surface area contributed by atoms with Gasteiger partial charge in [0, 0.05) is 25.1 Å². The molecule has 2 nitrogen and oxygen atoms in total. The standard InChI is InChI=1S/C15H21Cl2NO/c16-13-5-4-12(8-14(13)17)9-18-10-15(11-19)6-2-1-3-7-15/h4-5,8,18-19H,1-3,6-7,9-11H2. The second-order valence-corrected chi connectivity index (χ2v) is 6.39. The van der Waals surface area contributed by atoms with E-state index in [4.69, 9.17) is 23.2 Å². The SMILES string of the molecule is OCC1(CNCc2ccc(Cl)c(Cl)c2)CCCCC1. The van der Waals surface area contributed by atoms with Gasteiger partial charge in [0.1, 0.15) is 0 Å². The molecule has 2 N–H and O–H groups in total. The zero-order valence-corrected chi connectivity index (χ0v) is 12.6. The van der Waals surface area contributed by atoms with Crippen LogP contribution in [0.4, 0.5) is 0 Å². The molecule has 0 aliphatic heterocycles. The highest BCUT2D eigenvalue weighted by molar-refractivity contribution is 6.42. The minimum absolute atomic E-state index is 0.0778. The van der Waals surface area contributed by atoms with Crippen molar-refractivity contribution >= 4 is 23.2 Å². The number of nitrogens with one attached hydrogen (secondary N) is 1. The van der Waals surface area contributed by atoms with Crippen molar-refractivity contribution in [1.82, 2.24) is 5.32 Å². The molecule has 1 aliphatic rings. The Kier molecular flexibility index (Phi) is 5.52. The molecule has 1 saturated carbocycles. The molecule has 19 heavy (non-hydrogen) atoms. The quantitative estimate of drug-likeness (QED) is 0.861. The van der Waals surface area contributed by atoms with Crippen molar-refractivity contribution in [2.45, 2.75) is 38.6 Å². The van der Waals surface area contributed by atoms with E-state index in [-0.39, 0.29) is 12.0 Å². The van der Waals surface area contributed by atoms with Crippen molar-refractivity contribution in [2.75, 3.05) is 13.2 Å². The van der Waals surface area contributed by atoms with Gasteiger partial charge in [-0.1, -0.05) is 48.5 Å². The van der Waals surface area contributed by atoms with E-state index < -0.39 is 0 Å². The van der Waals surface area contributed by atoms with Crippen molar-refractivity contribution < 1.29 is 5.11 Å². The Hall–Kier alpha value is -0.280. The summed E-state index contributed by atoms with van der Waals surface area (Å²) in [7, 11) is 0. The van der Waals surface area contributed by atoms with Crippen LogP contribution < -0.4 is 5.32 Å². The first-order valence-corrected chi connectivity index (χ1v) is 7.66. The first-order chi connectivity index (χ1) is 9.15. The van der Waals surface area contributed by atoms with Crippen LogP contribution in [0, 0.1) is 5.41 Å². The van der Waals surface area contributed by atoms with Crippen molar-refractivity contribution in [1.29, 1.82) is 0 Å². The van der Waals surface area contributed by atoms with Crippen LogP contribution in [0.3, 0.4) is 0 Å². The minimum atomic E-state index is 0.0778. The highest BCUT2D eigenvalue weighted by atomic mass is 35.5. The summed E-state index contributed by atoms with van der Waals surface area (Å²) in [4.78, 5) is 0. The topological polar surface area (TPSA) is 32.3 Å². The largest absolute Gasteiger partial charge is 0.396 e. The predicted octanol–water partition coefficient (Wildman–Crippen LogP) is 4.03. The van der Waals surface area contributed by atoms with Gasteiger partial charge in [-0.05, 0) is 30.5 Å². The lowest BCUT2D eigenvalue weighted by molar-refractivity contribution is 0.0810. The fourth-order valence-electron chi connectivity index (χ4n) is 2.81. The molecule has 1 fully saturated rings. The normalized spacial score (nSPS) is 18.5. The zero-order valence-electron chi connectivity index (χ0n) is 11.1. The van der Waals surface area contributed by atoms with Gasteiger partial charge in [0.05, 0.1) is 10.0 Å². The lowest BCUT2D eigenvalue weighted by atomic mass is 9.74. The molecule has 0 saturated heterocycles. The van der Waals surface area contributed by atoms with Gasteiger partial charge >= 0.3 is 0 Å². The van der Waals surface area contributed by atoms with Gasteiger partial charge in [-0.25, -0.2) is 0 Å². The Morgan fingerprint density at radius 1 is 1.11 bits per heavy atom. The highest BCUT2D eigenvalue weighted by Gasteiger charge is 2.30. The van der Waals surface area contributed by atoms with Gasteiger partial charge in [-0.15, -0.1) is 0 Å². The number of halogens is 2. The van der Waals surface area contributed by atoms with Crippen LogP contribution in [0.15, 0.2) is 18.2 Å². The summed E-state index contributed by atoms with van der Waals surface area (Å²) >= 11 is 11.9. The van der Waals surface area contributed by atoms with E-state index in [1.165, 1.54) is 19.3 Å². The first-order valence-electron chi connectivity index (χ1n) is 6.91. The van der Waals surface area contributed by atoms with Crippen molar-refractivity contribution in [3.8, 4) is 0 Å². The summed E-state index contributed by atoms with van der Waals surface area (Å²) < 4.78 is 0. The van der Waals surface area contributed by atoms with Gasteiger partial charge in [-0.2, -0.15) is 0 Å². The van der Waals surface area contributed by atoms with Gasteiger partial charge in [0.2, 0.25) is 0 Å². The molecule has 0 heterocycles. The average molecular weight is 302 g/mol. The van der Waals surface area contributed by atoms with E-state index in [0.29, 0.717) is 10.0 Å². The number of hydrogen-bond donors (Lipinski definition) is 2. The molecule has 1 aliphatic carbocycles. The maximum absolute atomic E-state index is 9.64. The third kappa shape index (κ3) is 4.09. The molecule has 1 aromatic carbocycles. The molecule has 1 aromatic rings. The second kappa shape index (κ2) is 6.94. The van der Waals surface area contributed by atoms with Crippen LogP contribution >= 0.6 is 23.2 Å². The molecule has 4 heteroatoms. The number of aliphatic hydroxyl groups excluding tert-OH is 1. The number of rotatable bonds is 5. The maximum Gasteiger partial charge on any atom is 0.0595 e. The Morgan fingerprint density at radius 3 is 2.47 bits per heavy atom. The molecule has 0 unspecified atom stereocenters. The fraction of sp³-hybridized carbons (Fsp3) is 0.600. The summed E-state index contributed by atoms with van der Waals surface area (Å²) in [5.41, 5.74) is 1.20. The van der Waals surface area contributed by atoms with E-state index in [1.807, 2.05) is 18.2 Å². The van der Waals surface area contributed by atoms with Crippen LogP contribution in [0.5, 0.6) is 0 Å². The summed E-state index contributed by atoms with van der Waals surface area (Å²) in [5.74, 6) is 0. The van der Waals surface area contributed by atoms with Gasteiger partial charge in [0.25, 0.3) is 0 Å². The molecule has 2 rings (SSSR count). The Labute approximate surface area is 125 Å². The van der Waals surface area contributed by atoms with E-state index in [1.54, 1.807) is 0 Å². The summed E-state index contributed by atoms with van der Waals surface area (Å²) in [6.45, 7) is 1.91. The van der Waals surface area contributed by atoms with Crippen LogP contribution in [0.25, 0.3) is 0 Å². The first kappa shape index (κ1) is 15.1. The van der Waals surface area contributed by atoms with E-state index in [2.05, 4.69) is 5.32 Å². The average Bonchev–Trinajstić information content (AvgIpc) is 2.44. The van der Waals surface area contributed by atoms with Crippen LogP contribution in [-0.4, -0.2) is 18.3 Å². The Morgan fingerprint density at radius 2 is 1.84 bits per heavy atom. The smallest absolute Gasteiger partial charge is 0.0595 e. The number of aliphatic hydroxyl groups is 1. The van der Waals surface area contributed by atoms with Crippen LogP contribution in [0.1, 0.15) is 37.7 Å². The molecular formula is C15H21Cl2NO. The van der Waals surface area contributed by atoms with Gasteiger partial charge in [0.15, 0.2) is 0 Å². The zero-order chi connectivity index (χ0) is 13.7. The Balaban J connectivity index is 1.86. The highest BCUT2D eigenvalue weighted by Crippen LogP contribution is 2.35. The lowest BCUT2D eigenvalue weighted by Gasteiger charge is -2.35. The van der Waals surface area contributed by atoms with Gasteiger partial charge in [-0.3, -0.25) is 0 Å². The van der Waals surface area contributed by atoms with Crippen LogP contribution in [0.2, 0.25) is 10.0 Å². The second-order valence-electron chi connectivity index (χ2n) is 5.57. The number of hydrogen-bond acceptors (Lipinski definition) is 2. The molecular weight excluding hydrogens is 281 g/mol. The summed E-state index contributed by atoms with van der Waals surface area (Å²) in [5, 5.41) is 14.3. The molecule has 0 amide bonds. The fourth-order valence-corrected chi connectivity index (χ4v) is 3.13. The van der Waals surface area contributed by atoms with E-state index in [0.717, 1.165) is 31.5 Å². The third-order valence-electron chi connectivity index (χ3n) is 4.06. The van der Waals surface area contributed by atoms with Crippen molar-refractivity contribution in [2.24, 2.45) is 5.41 Å². The molecule has 106 valence electrons. The van der Waals surface area contributed by atoms with E-state index in [9.17, 15) is 5.11 Å². The minimum Gasteiger partial charge on any atom is -0.396 e. The van der Waals surface area contributed by atoms with Gasteiger partial charge < -0.3 is 10.4 Å². The molecule has 0 atom stereocenters. The van der Waals surface area contributed by atoms with Crippen molar-refractivity contribution in [3.05, 3.63) is 33.8 Å². The molecule has 0 bridgehead atoms. The van der Waals surface area contributed by atoms with E-state index >= 15 is 0 Å². The summed E-state index contributed by atoms with van der Waals surface area (Å²) in [6.07, 6.45) is 6.01. The number of benzene rings is 1. The van der Waals surface area contributed by atoms with Crippen LogP contribution in [-0.2, 0) is 6.54 Å². The maximum atomic E-state index is 9.64. The predicted molar refractivity (Wildman–Crippen MR) is 80.8 cm³/mol. The molecule has 0 radical (unpaired) electrons. The van der Waals surface area contributed by atoms with Crippen molar-refractivity contribution in [3.63, 3.8) is 0 Å². The summed E-state index contributed by atoms with van der Waals surface area (Å²) in [6, 6.07) is 5.69. The lowest BCUT2D eigenvalue weighted by Crippen LogP contribution is -2.38.